The van der Waals surface area contributed by atoms with Crippen LogP contribution >= 0.6 is 11.3 Å². The maximum Gasteiger partial charge on any atom is 0.197 e. The Labute approximate surface area is 85.6 Å². The minimum atomic E-state index is -1.88. The van der Waals surface area contributed by atoms with E-state index in [1.165, 1.54) is 24.3 Å². The molecule has 1 aliphatic rings. The summed E-state index contributed by atoms with van der Waals surface area (Å²) < 4.78 is 14.0. The number of carbonyl (C=O) groups excluding carboxylic acids is 1. The highest BCUT2D eigenvalue weighted by molar-refractivity contribution is 7.08. The third kappa shape index (κ3) is 1.34. The molecule has 0 saturated heterocycles. The first kappa shape index (κ1) is 9.34. The number of halogens is 1. The summed E-state index contributed by atoms with van der Waals surface area (Å²) in [7, 11) is 0. The molecule has 2 rings (SSSR count). The Morgan fingerprint density at radius 3 is 2.93 bits per heavy atom. The van der Waals surface area contributed by atoms with E-state index < -0.39 is 11.5 Å². The summed E-state index contributed by atoms with van der Waals surface area (Å²) in [5.74, 6) is -0.485. The van der Waals surface area contributed by atoms with Gasteiger partial charge in [0.25, 0.3) is 0 Å². The summed E-state index contributed by atoms with van der Waals surface area (Å²) in [4.78, 5) is 11.3. The summed E-state index contributed by atoms with van der Waals surface area (Å²) >= 11 is 1.49. The molecule has 1 heterocycles. The molecule has 1 unspecified atom stereocenters. The minimum Gasteiger partial charge on any atom is -0.291 e. The van der Waals surface area contributed by atoms with Gasteiger partial charge in [0, 0.05) is 5.57 Å². The van der Waals surface area contributed by atoms with Gasteiger partial charge in [-0.3, -0.25) is 4.79 Å². The van der Waals surface area contributed by atoms with Crippen molar-refractivity contribution in [1.29, 1.82) is 0 Å². The molecule has 1 aromatic rings. The maximum atomic E-state index is 14.0. The summed E-state index contributed by atoms with van der Waals surface area (Å²) in [6, 6.07) is 1.82. The van der Waals surface area contributed by atoms with Crippen molar-refractivity contribution in [2.24, 2.45) is 0 Å². The standard InChI is InChI=1S/C11H9FOS/c1-11(12)9(3-2-4-10(11)13)8-5-6-14-7-8/h2-7H,1H3. The van der Waals surface area contributed by atoms with Gasteiger partial charge in [0.05, 0.1) is 0 Å². The lowest BCUT2D eigenvalue weighted by Gasteiger charge is -2.22. The summed E-state index contributed by atoms with van der Waals surface area (Å²) in [6.07, 6.45) is 4.52. The molecule has 0 N–H and O–H groups in total. The number of carbonyl (C=O) groups is 1. The molecular formula is C11H9FOS. The third-order valence-electron chi connectivity index (χ3n) is 2.31. The molecule has 0 spiro atoms. The van der Waals surface area contributed by atoms with Crippen LogP contribution in [0.15, 0.2) is 35.1 Å². The molecule has 0 amide bonds. The van der Waals surface area contributed by atoms with Gasteiger partial charge in [-0.1, -0.05) is 12.2 Å². The van der Waals surface area contributed by atoms with Crippen LogP contribution in [0.5, 0.6) is 0 Å². The molecule has 0 aromatic carbocycles. The number of thiophene rings is 1. The Morgan fingerprint density at radius 1 is 1.50 bits per heavy atom. The fourth-order valence-corrected chi connectivity index (χ4v) is 2.12. The van der Waals surface area contributed by atoms with Gasteiger partial charge < -0.3 is 0 Å². The van der Waals surface area contributed by atoms with Crippen LogP contribution in [0, 0.1) is 0 Å². The van der Waals surface area contributed by atoms with Crippen LogP contribution in [0.3, 0.4) is 0 Å². The van der Waals surface area contributed by atoms with Gasteiger partial charge in [0.1, 0.15) is 0 Å². The molecule has 0 fully saturated rings. The van der Waals surface area contributed by atoms with Gasteiger partial charge in [-0.25, -0.2) is 4.39 Å². The molecule has 0 radical (unpaired) electrons. The SMILES string of the molecule is CC1(F)C(=O)C=CC=C1c1ccsc1. The van der Waals surface area contributed by atoms with Gasteiger partial charge >= 0.3 is 0 Å². The highest BCUT2D eigenvalue weighted by Gasteiger charge is 2.37. The van der Waals surface area contributed by atoms with Gasteiger partial charge in [-0.05, 0) is 35.4 Å². The molecule has 3 heteroatoms. The zero-order chi connectivity index (χ0) is 10.2. The van der Waals surface area contributed by atoms with E-state index in [4.69, 9.17) is 0 Å². The highest BCUT2D eigenvalue weighted by Crippen LogP contribution is 2.35. The monoisotopic (exact) mass is 208 g/mol. The zero-order valence-electron chi connectivity index (χ0n) is 7.66. The Morgan fingerprint density at radius 2 is 2.29 bits per heavy atom. The van der Waals surface area contributed by atoms with Crippen LogP contribution < -0.4 is 0 Å². The summed E-state index contributed by atoms with van der Waals surface area (Å²) in [6.45, 7) is 1.31. The second kappa shape index (κ2) is 3.17. The maximum absolute atomic E-state index is 14.0. The number of ketones is 1. The number of rotatable bonds is 1. The van der Waals surface area contributed by atoms with E-state index in [1.807, 2.05) is 16.8 Å². The van der Waals surface area contributed by atoms with Crippen molar-refractivity contribution < 1.29 is 9.18 Å². The molecular weight excluding hydrogens is 199 g/mol. The molecule has 1 atom stereocenters. The molecule has 0 bridgehead atoms. The van der Waals surface area contributed by atoms with E-state index in [9.17, 15) is 9.18 Å². The lowest BCUT2D eigenvalue weighted by molar-refractivity contribution is -0.121. The first-order valence-electron chi connectivity index (χ1n) is 4.27. The van der Waals surface area contributed by atoms with E-state index in [-0.39, 0.29) is 0 Å². The van der Waals surface area contributed by atoms with Gasteiger partial charge in [-0.2, -0.15) is 11.3 Å². The highest BCUT2D eigenvalue weighted by atomic mass is 32.1. The van der Waals surface area contributed by atoms with Crippen LogP contribution in [0.4, 0.5) is 4.39 Å². The molecule has 0 saturated carbocycles. The second-order valence-electron chi connectivity index (χ2n) is 3.32. The van der Waals surface area contributed by atoms with Crippen molar-refractivity contribution in [2.45, 2.75) is 12.6 Å². The smallest absolute Gasteiger partial charge is 0.197 e. The third-order valence-corrected chi connectivity index (χ3v) is 2.99. The second-order valence-corrected chi connectivity index (χ2v) is 4.10. The van der Waals surface area contributed by atoms with Gasteiger partial charge in [0.15, 0.2) is 11.5 Å². The predicted molar refractivity (Wildman–Crippen MR) is 56.0 cm³/mol. The van der Waals surface area contributed by atoms with Crippen molar-refractivity contribution in [3.63, 3.8) is 0 Å². The minimum absolute atomic E-state index is 0.450. The van der Waals surface area contributed by atoms with E-state index in [0.29, 0.717) is 5.57 Å². The van der Waals surface area contributed by atoms with Crippen molar-refractivity contribution >= 4 is 22.7 Å². The normalized spacial score (nSPS) is 26.4. The average Bonchev–Trinajstić information content (AvgIpc) is 2.62. The first-order valence-corrected chi connectivity index (χ1v) is 5.21. The van der Waals surface area contributed by atoms with E-state index >= 15 is 0 Å². The quantitative estimate of drug-likeness (QED) is 0.693. The Kier molecular flexibility index (Phi) is 2.11. The van der Waals surface area contributed by atoms with Crippen molar-refractivity contribution in [3.05, 3.63) is 40.6 Å². The molecule has 14 heavy (non-hydrogen) atoms. The Balaban J connectivity index is 2.49. The molecule has 0 aliphatic heterocycles. The molecule has 1 aromatic heterocycles. The van der Waals surface area contributed by atoms with Crippen LogP contribution in [0.2, 0.25) is 0 Å². The number of allylic oxidation sites excluding steroid dienone is 4. The van der Waals surface area contributed by atoms with Crippen LogP contribution in [0.1, 0.15) is 12.5 Å². The largest absolute Gasteiger partial charge is 0.291 e. The average molecular weight is 208 g/mol. The predicted octanol–water partition coefficient (Wildman–Crippen LogP) is 3.00. The lowest BCUT2D eigenvalue weighted by Crippen LogP contribution is -2.31. The van der Waals surface area contributed by atoms with Gasteiger partial charge in [0.2, 0.25) is 0 Å². The number of alkyl halides is 1. The molecule has 72 valence electrons. The van der Waals surface area contributed by atoms with Crippen molar-refractivity contribution in [1.82, 2.24) is 0 Å². The van der Waals surface area contributed by atoms with Crippen molar-refractivity contribution in [3.8, 4) is 0 Å². The Hall–Kier alpha value is -1.22. The van der Waals surface area contributed by atoms with Crippen LogP contribution in [-0.2, 0) is 4.79 Å². The molecule has 1 nitrogen and oxygen atoms in total. The number of hydrogen-bond acceptors (Lipinski definition) is 2. The summed E-state index contributed by atoms with van der Waals surface area (Å²) in [5.41, 5.74) is -0.639. The topological polar surface area (TPSA) is 17.1 Å². The van der Waals surface area contributed by atoms with Crippen molar-refractivity contribution in [2.75, 3.05) is 0 Å². The first-order chi connectivity index (χ1) is 6.62. The van der Waals surface area contributed by atoms with Crippen LogP contribution in [0.25, 0.3) is 5.57 Å². The van der Waals surface area contributed by atoms with Gasteiger partial charge in [-0.15, -0.1) is 0 Å². The van der Waals surface area contributed by atoms with E-state index in [1.54, 1.807) is 12.2 Å². The van der Waals surface area contributed by atoms with Crippen LogP contribution in [-0.4, -0.2) is 11.5 Å². The number of hydrogen-bond donors (Lipinski definition) is 0. The zero-order valence-corrected chi connectivity index (χ0v) is 8.48. The fourth-order valence-electron chi connectivity index (χ4n) is 1.46. The Bertz CT molecular complexity index is 413. The molecule has 1 aliphatic carbocycles. The van der Waals surface area contributed by atoms with E-state index in [0.717, 1.165) is 5.56 Å². The fraction of sp³-hybridized carbons (Fsp3) is 0.182. The summed E-state index contributed by atoms with van der Waals surface area (Å²) in [5, 5.41) is 3.71. The lowest BCUT2D eigenvalue weighted by atomic mass is 9.86. The van der Waals surface area contributed by atoms with E-state index in [2.05, 4.69) is 0 Å².